The van der Waals surface area contributed by atoms with Gasteiger partial charge in [-0.2, -0.15) is 10.2 Å². The van der Waals surface area contributed by atoms with Gasteiger partial charge in [0, 0.05) is 13.2 Å². The average molecular weight is 283 g/mol. The molecule has 0 saturated carbocycles. The van der Waals surface area contributed by atoms with Gasteiger partial charge < -0.3 is 4.74 Å². The molecule has 19 heavy (non-hydrogen) atoms. The van der Waals surface area contributed by atoms with E-state index >= 15 is 0 Å². The van der Waals surface area contributed by atoms with E-state index in [0.717, 1.165) is 11.4 Å². The van der Waals surface area contributed by atoms with E-state index in [1.165, 1.54) is 6.20 Å². The molecule has 2 aromatic heterocycles. The maximum absolute atomic E-state index is 11.8. The Morgan fingerprint density at radius 3 is 2.84 bits per heavy atom. The minimum absolute atomic E-state index is 0.333. The highest BCUT2D eigenvalue weighted by Crippen LogP contribution is 2.15. The van der Waals surface area contributed by atoms with Crippen LogP contribution >= 0.6 is 11.6 Å². The molecule has 0 unspecified atom stereocenters. The first-order valence-corrected chi connectivity index (χ1v) is 6.28. The van der Waals surface area contributed by atoms with Crippen LogP contribution in [0, 0.1) is 6.92 Å². The van der Waals surface area contributed by atoms with Crippen molar-refractivity contribution in [3.63, 3.8) is 0 Å². The molecule has 2 heterocycles. The minimum atomic E-state index is -0.374. The number of aryl methyl sites for hydroxylation is 2. The number of hydrogen-bond acceptors (Lipinski definition) is 4. The molecule has 0 aromatic carbocycles. The van der Waals surface area contributed by atoms with E-state index in [2.05, 4.69) is 10.2 Å². The molecule has 0 bridgehead atoms. The Labute approximate surface area is 115 Å². The second-order valence-corrected chi connectivity index (χ2v) is 4.52. The van der Waals surface area contributed by atoms with Gasteiger partial charge in [-0.1, -0.05) is 11.6 Å². The number of carbonyl (C=O) groups excluding carboxylic acids is 1. The summed E-state index contributed by atoms with van der Waals surface area (Å²) in [6.45, 7) is 4.34. The van der Waals surface area contributed by atoms with E-state index in [9.17, 15) is 4.79 Å². The van der Waals surface area contributed by atoms with Gasteiger partial charge in [0.15, 0.2) is 0 Å². The molecular formula is C12H15ClN4O2. The third-order valence-corrected chi connectivity index (χ3v) is 3.13. The zero-order chi connectivity index (χ0) is 14.0. The fraction of sp³-hybridized carbons (Fsp3) is 0.417. The molecular weight excluding hydrogens is 268 g/mol. The summed E-state index contributed by atoms with van der Waals surface area (Å²) in [6, 6.07) is 0. The van der Waals surface area contributed by atoms with E-state index in [4.69, 9.17) is 16.3 Å². The van der Waals surface area contributed by atoms with Gasteiger partial charge >= 0.3 is 5.97 Å². The molecule has 0 aliphatic carbocycles. The lowest BCUT2D eigenvalue weighted by Gasteiger charge is -2.06. The van der Waals surface area contributed by atoms with E-state index in [1.54, 1.807) is 29.5 Å². The molecule has 0 fully saturated rings. The van der Waals surface area contributed by atoms with Crippen LogP contribution in [-0.4, -0.2) is 32.1 Å². The zero-order valence-corrected chi connectivity index (χ0v) is 11.8. The van der Waals surface area contributed by atoms with E-state index in [0.29, 0.717) is 23.7 Å². The normalized spacial score (nSPS) is 10.7. The topological polar surface area (TPSA) is 61.9 Å². The van der Waals surface area contributed by atoms with Crippen molar-refractivity contribution in [1.82, 2.24) is 19.6 Å². The summed E-state index contributed by atoms with van der Waals surface area (Å²) in [5.41, 5.74) is 1.94. The molecule has 102 valence electrons. The standard InChI is InChI=1S/C12H15ClN4O2/c1-4-19-12(18)9-5-14-16(3)11(9)7-17-6-10(13)8(2)15-17/h5-6H,4,7H2,1-3H3. The van der Waals surface area contributed by atoms with Crippen molar-refractivity contribution in [2.75, 3.05) is 6.61 Å². The maximum atomic E-state index is 11.8. The van der Waals surface area contributed by atoms with Gasteiger partial charge in [-0.25, -0.2) is 4.79 Å². The van der Waals surface area contributed by atoms with Crippen LogP contribution in [0.25, 0.3) is 0 Å². The van der Waals surface area contributed by atoms with Crippen LogP contribution in [0.2, 0.25) is 5.02 Å². The Balaban J connectivity index is 2.29. The fourth-order valence-electron chi connectivity index (χ4n) is 1.76. The van der Waals surface area contributed by atoms with Gasteiger partial charge in [0.1, 0.15) is 5.56 Å². The van der Waals surface area contributed by atoms with Crippen molar-refractivity contribution >= 4 is 17.6 Å². The second-order valence-electron chi connectivity index (χ2n) is 4.11. The van der Waals surface area contributed by atoms with Gasteiger partial charge in [-0.05, 0) is 13.8 Å². The van der Waals surface area contributed by atoms with Crippen molar-refractivity contribution in [1.29, 1.82) is 0 Å². The number of esters is 1. The number of halogens is 1. The molecule has 0 spiro atoms. The van der Waals surface area contributed by atoms with Gasteiger partial charge in [0.25, 0.3) is 0 Å². The Hall–Kier alpha value is -1.82. The molecule has 0 saturated heterocycles. The number of ether oxygens (including phenoxy) is 1. The highest BCUT2D eigenvalue weighted by atomic mass is 35.5. The molecule has 0 aliphatic rings. The summed E-state index contributed by atoms with van der Waals surface area (Å²) in [5.74, 6) is -0.374. The quantitative estimate of drug-likeness (QED) is 0.802. The largest absolute Gasteiger partial charge is 0.462 e. The fourth-order valence-corrected chi connectivity index (χ4v) is 1.91. The highest BCUT2D eigenvalue weighted by molar-refractivity contribution is 6.31. The van der Waals surface area contributed by atoms with Crippen molar-refractivity contribution in [3.05, 3.63) is 34.4 Å². The highest BCUT2D eigenvalue weighted by Gasteiger charge is 2.18. The molecule has 6 nitrogen and oxygen atoms in total. The Morgan fingerprint density at radius 1 is 1.53 bits per heavy atom. The first kappa shape index (κ1) is 13.6. The lowest BCUT2D eigenvalue weighted by Crippen LogP contribution is -2.12. The summed E-state index contributed by atoms with van der Waals surface area (Å²) < 4.78 is 8.31. The average Bonchev–Trinajstić information content (AvgIpc) is 2.85. The SMILES string of the molecule is CCOC(=O)c1cnn(C)c1Cn1cc(Cl)c(C)n1. The Bertz CT molecular complexity index is 583. The first-order chi connectivity index (χ1) is 9.02. The van der Waals surface area contributed by atoms with Gasteiger partial charge in [-0.15, -0.1) is 0 Å². The molecule has 0 N–H and O–H groups in total. The van der Waals surface area contributed by atoms with Crippen LogP contribution in [0.5, 0.6) is 0 Å². The number of rotatable bonds is 4. The van der Waals surface area contributed by atoms with Crippen molar-refractivity contribution in [2.24, 2.45) is 7.05 Å². The summed E-state index contributed by atoms with van der Waals surface area (Å²) >= 11 is 5.96. The van der Waals surface area contributed by atoms with Crippen LogP contribution in [0.3, 0.4) is 0 Å². The van der Waals surface area contributed by atoms with Crippen LogP contribution in [0.15, 0.2) is 12.4 Å². The molecule has 0 aliphatic heterocycles. The number of nitrogens with zero attached hydrogens (tertiary/aromatic N) is 4. The molecule has 2 aromatic rings. The lowest BCUT2D eigenvalue weighted by atomic mass is 10.2. The van der Waals surface area contributed by atoms with Crippen molar-refractivity contribution in [2.45, 2.75) is 20.4 Å². The summed E-state index contributed by atoms with van der Waals surface area (Å²) in [4.78, 5) is 11.8. The molecule has 0 amide bonds. The zero-order valence-electron chi connectivity index (χ0n) is 11.1. The van der Waals surface area contributed by atoms with Crippen LogP contribution in [0.1, 0.15) is 28.7 Å². The van der Waals surface area contributed by atoms with E-state index < -0.39 is 0 Å². The van der Waals surface area contributed by atoms with Crippen molar-refractivity contribution < 1.29 is 9.53 Å². The van der Waals surface area contributed by atoms with Crippen LogP contribution in [0.4, 0.5) is 0 Å². The predicted octanol–water partition coefficient (Wildman–Crippen LogP) is 1.80. The van der Waals surface area contributed by atoms with Crippen LogP contribution in [-0.2, 0) is 18.3 Å². The van der Waals surface area contributed by atoms with Crippen LogP contribution < -0.4 is 0 Å². The molecule has 2 rings (SSSR count). The van der Waals surface area contributed by atoms with E-state index in [-0.39, 0.29) is 5.97 Å². The van der Waals surface area contributed by atoms with Crippen molar-refractivity contribution in [3.8, 4) is 0 Å². The van der Waals surface area contributed by atoms with E-state index in [1.807, 2.05) is 6.92 Å². The maximum Gasteiger partial charge on any atom is 0.341 e. The third kappa shape index (κ3) is 2.78. The summed E-state index contributed by atoms with van der Waals surface area (Å²) in [7, 11) is 1.77. The first-order valence-electron chi connectivity index (χ1n) is 5.90. The molecule has 7 heteroatoms. The summed E-state index contributed by atoms with van der Waals surface area (Å²) in [6.07, 6.45) is 3.23. The number of aromatic nitrogens is 4. The molecule has 0 radical (unpaired) electrons. The second kappa shape index (κ2) is 5.44. The van der Waals surface area contributed by atoms with Gasteiger partial charge in [-0.3, -0.25) is 9.36 Å². The number of hydrogen-bond donors (Lipinski definition) is 0. The minimum Gasteiger partial charge on any atom is -0.462 e. The Kier molecular flexibility index (Phi) is 3.90. The lowest BCUT2D eigenvalue weighted by molar-refractivity contribution is 0.0524. The number of carbonyl (C=O) groups is 1. The summed E-state index contributed by atoms with van der Waals surface area (Å²) in [5, 5.41) is 8.95. The smallest absolute Gasteiger partial charge is 0.341 e. The Morgan fingerprint density at radius 2 is 2.26 bits per heavy atom. The monoisotopic (exact) mass is 282 g/mol. The molecule has 0 atom stereocenters. The predicted molar refractivity (Wildman–Crippen MR) is 70.2 cm³/mol. The van der Waals surface area contributed by atoms with Gasteiger partial charge in [0.05, 0.1) is 35.8 Å². The van der Waals surface area contributed by atoms with Gasteiger partial charge in [0.2, 0.25) is 0 Å². The third-order valence-electron chi connectivity index (χ3n) is 2.76.